The highest BCUT2D eigenvalue weighted by atomic mass is 19.4. The lowest BCUT2D eigenvalue weighted by Gasteiger charge is -2.45. The second-order valence-electron chi connectivity index (χ2n) is 11.4. The third-order valence-corrected chi connectivity index (χ3v) is 8.52. The number of benzene rings is 2. The van der Waals surface area contributed by atoms with Gasteiger partial charge in [0.15, 0.2) is 0 Å². The molecule has 2 atom stereocenters. The third-order valence-electron chi connectivity index (χ3n) is 8.52. The largest absolute Gasteiger partial charge is 0.416 e. The number of carbonyl (C=O) groups is 1. The number of piperazine rings is 1. The molecule has 0 radical (unpaired) electrons. The monoisotopic (exact) mass is 587 g/mol. The van der Waals surface area contributed by atoms with Crippen LogP contribution in [-0.2, 0) is 12.4 Å². The average Bonchev–Trinajstić information content (AvgIpc) is 2.91. The normalized spacial score (nSPS) is 20.2. The van der Waals surface area contributed by atoms with Crippen LogP contribution >= 0.6 is 0 Å². The van der Waals surface area contributed by atoms with E-state index in [0.29, 0.717) is 43.2 Å². The first kappa shape index (κ1) is 31.1. The van der Waals surface area contributed by atoms with E-state index < -0.39 is 47.4 Å². The third kappa shape index (κ3) is 7.34. The van der Waals surface area contributed by atoms with E-state index in [2.05, 4.69) is 4.90 Å². The highest BCUT2D eigenvalue weighted by Gasteiger charge is 2.39. The van der Waals surface area contributed by atoms with E-state index in [0.717, 1.165) is 24.9 Å². The zero-order chi connectivity index (χ0) is 30.1. The number of rotatable bonds is 5. The summed E-state index contributed by atoms with van der Waals surface area (Å²) in [4.78, 5) is 18.9. The van der Waals surface area contributed by atoms with Gasteiger partial charge in [-0.3, -0.25) is 4.90 Å². The second-order valence-corrected chi connectivity index (χ2v) is 11.4. The molecule has 2 amide bonds. The van der Waals surface area contributed by atoms with Gasteiger partial charge in [0, 0.05) is 33.2 Å². The van der Waals surface area contributed by atoms with Gasteiger partial charge in [-0.15, -0.1) is 0 Å². The summed E-state index contributed by atoms with van der Waals surface area (Å²) in [6, 6.07) is 3.71. The quantitative estimate of drug-likeness (QED) is 0.330. The molecular weight excluding hydrogens is 551 g/mol. The molecule has 0 bridgehead atoms. The van der Waals surface area contributed by atoms with E-state index in [1.807, 2.05) is 0 Å². The maximum Gasteiger partial charge on any atom is 0.416 e. The van der Waals surface area contributed by atoms with Crippen LogP contribution in [0.4, 0.5) is 35.5 Å². The summed E-state index contributed by atoms with van der Waals surface area (Å²) in [7, 11) is 1.38. The smallest absolute Gasteiger partial charge is 0.321 e. The predicted octanol–water partition coefficient (Wildman–Crippen LogP) is 8.22. The minimum Gasteiger partial charge on any atom is -0.321 e. The fraction of sp³-hybridized carbons (Fsp3) is 0.567. The number of aryl methyl sites for hydroxylation is 1. The van der Waals surface area contributed by atoms with Gasteiger partial charge in [0.05, 0.1) is 23.2 Å². The predicted molar refractivity (Wildman–Crippen MR) is 142 cm³/mol. The molecule has 0 N–H and O–H groups in total. The van der Waals surface area contributed by atoms with E-state index >= 15 is 0 Å². The van der Waals surface area contributed by atoms with Gasteiger partial charge >= 0.3 is 18.4 Å². The Bertz CT molecular complexity index is 1190. The summed E-state index contributed by atoms with van der Waals surface area (Å²) in [5.74, 6) is 0.155. The molecule has 2 aliphatic rings. The molecular formula is C30H36F7N3O. The highest BCUT2D eigenvalue weighted by molar-refractivity contribution is 5.75. The molecule has 0 unspecified atom stereocenters. The maximum atomic E-state index is 14.0. The van der Waals surface area contributed by atoms with Crippen LogP contribution in [-0.4, -0.2) is 54.0 Å². The molecule has 1 saturated heterocycles. The molecule has 2 fully saturated rings. The van der Waals surface area contributed by atoms with Crippen LogP contribution in [0.2, 0.25) is 0 Å². The van der Waals surface area contributed by atoms with Gasteiger partial charge in [0.1, 0.15) is 5.82 Å². The van der Waals surface area contributed by atoms with Crippen LogP contribution in [0.1, 0.15) is 78.9 Å². The maximum absolute atomic E-state index is 14.0. The number of alkyl halides is 6. The van der Waals surface area contributed by atoms with Gasteiger partial charge in [0.25, 0.3) is 0 Å². The van der Waals surface area contributed by atoms with Crippen LogP contribution in [0, 0.1) is 18.7 Å². The summed E-state index contributed by atoms with van der Waals surface area (Å²) in [6.07, 6.45) is -4.06. The first-order valence-electron chi connectivity index (χ1n) is 14.0. The van der Waals surface area contributed by atoms with Crippen molar-refractivity contribution in [3.8, 4) is 0 Å². The fourth-order valence-corrected chi connectivity index (χ4v) is 6.06. The molecule has 0 spiro atoms. The van der Waals surface area contributed by atoms with Crippen LogP contribution in [0.5, 0.6) is 0 Å². The van der Waals surface area contributed by atoms with Gasteiger partial charge in [-0.2, -0.15) is 26.3 Å². The van der Waals surface area contributed by atoms with Crippen LogP contribution in [0.3, 0.4) is 0 Å². The molecule has 1 aliphatic heterocycles. The fourth-order valence-electron chi connectivity index (χ4n) is 6.06. The Hall–Kier alpha value is -2.82. The number of hydrogen-bond acceptors (Lipinski definition) is 2. The van der Waals surface area contributed by atoms with Crippen molar-refractivity contribution in [2.75, 3.05) is 33.2 Å². The lowest BCUT2D eigenvalue weighted by molar-refractivity contribution is -0.143. The summed E-state index contributed by atoms with van der Waals surface area (Å²) in [5, 5.41) is 0. The molecule has 4 rings (SSSR count). The summed E-state index contributed by atoms with van der Waals surface area (Å²) in [5.41, 5.74) is -1.70. The van der Waals surface area contributed by atoms with Crippen molar-refractivity contribution in [2.24, 2.45) is 5.92 Å². The van der Waals surface area contributed by atoms with Crippen molar-refractivity contribution in [1.29, 1.82) is 0 Å². The van der Waals surface area contributed by atoms with Gasteiger partial charge in [-0.05, 0) is 79.6 Å². The highest BCUT2D eigenvalue weighted by Crippen LogP contribution is 2.39. The Morgan fingerprint density at radius 2 is 1.56 bits per heavy atom. The number of urea groups is 1. The topological polar surface area (TPSA) is 26.8 Å². The molecule has 1 heterocycles. The summed E-state index contributed by atoms with van der Waals surface area (Å²) < 4.78 is 94.8. The van der Waals surface area contributed by atoms with Crippen molar-refractivity contribution in [2.45, 2.75) is 70.4 Å². The molecule has 41 heavy (non-hydrogen) atoms. The molecule has 2 aromatic carbocycles. The minimum atomic E-state index is -4.99. The van der Waals surface area contributed by atoms with E-state index in [1.165, 1.54) is 50.3 Å². The van der Waals surface area contributed by atoms with Crippen molar-refractivity contribution < 1.29 is 35.5 Å². The Balaban J connectivity index is 1.62. The standard InChI is InChI=1S/C30H36F7N3O/c1-19-13-25(31)9-10-26(19)27-18-39(17-21-7-5-4-6-8-21)11-12-40(27)28(41)38(3)20(2)22-14-23(29(32,33)34)16-24(15-22)30(35,36)37/h9-10,13-16,20-21,27H,4-8,11-12,17-18H2,1-3H3/t20-,27-/m1/s1. The number of halogens is 7. The Morgan fingerprint density at radius 3 is 2.12 bits per heavy atom. The zero-order valence-corrected chi connectivity index (χ0v) is 23.5. The number of amides is 2. The van der Waals surface area contributed by atoms with E-state index in [-0.39, 0.29) is 11.6 Å². The number of hydrogen-bond donors (Lipinski definition) is 0. The molecule has 4 nitrogen and oxygen atoms in total. The summed E-state index contributed by atoms with van der Waals surface area (Å²) >= 11 is 0. The molecule has 11 heteroatoms. The van der Waals surface area contributed by atoms with Crippen molar-refractivity contribution >= 4 is 6.03 Å². The number of nitrogens with zero attached hydrogens (tertiary/aromatic N) is 3. The first-order chi connectivity index (χ1) is 19.1. The van der Waals surface area contributed by atoms with Crippen molar-refractivity contribution in [3.63, 3.8) is 0 Å². The molecule has 2 aromatic rings. The van der Waals surface area contributed by atoms with E-state index in [1.54, 1.807) is 17.9 Å². The Kier molecular flexibility index (Phi) is 9.26. The van der Waals surface area contributed by atoms with Gasteiger partial charge in [-0.1, -0.05) is 25.3 Å². The minimum absolute atomic E-state index is 0.0803. The van der Waals surface area contributed by atoms with E-state index in [9.17, 15) is 35.5 Å². The lowest BCUT2D eigenvalue weighted by Crippen LogP contribution is -2.54. The molecule has 226 valence electrons. The number of carbonyl (C=O) groups excluding carboxylic acids is 1. The Morgan fingerprint density at radius 1 is 0.951 bits per heavy atom. The molecule has 0 aromatic heterocycles. The molecule has 1 aliphatic carbocycles. The van der Waals surface area contributed by atoms with Gasteiger partial charge < -0.3 is 9.80 Å². The van der Waals surface area contributed by atoms with Gasteiger partial charge in [-0.25, -0.2) is 9.18 Å². The van der Waals surface area contributed by atoms with Crippen molar-refractivity contribution in [1.82, 2.24) is 14.7 Å². The Labute approximate surface area is 236 Å². The van der Waals surface area contributed by atoms with Gasteiger partial charge in [0.2, 0.25) is 0 Å². The van der Waals surface area contributed by atoms with Crippen LogP contribution < -0.4 is 0 Å². The zero-order valence-electron chi connectivity index (χ0n) is 23.5. The lowest BCUT2D eigenvalue weighted by atomic mass is 9.88. The summed E-state index contributed by atoms with van der Waals surface area (Å²) in [6.45, 7) is 5.46. The van der Waals surface area contributed by atoms with Crippen molar-refractivity contribution in [3.05, 3.63) is 70.0 Å². The van der Waals surface area contributed by atoms with Crippen LogP contribution in [0.15, 0.2) is 36.4 Å². The average molecular weight is 588 g/mol. The van der Waals surface area contributed by atoms with Crippen LogP contribution in [0.25, 0.3) is 0 Å². The SMILES string of the molecule is Cc1cc(F)ccc1[C@H]1CN(CC2CCCCC2)CCN1C(=O)N(C)[C@H](C)c1cc(C(F)(F)F)cc(C(F)(F)F)c1. The second kappa shape index (κ2) is 12.2. The molecule has 1 saturated carbocycles. The van der Waals surface area contributed by atoms with E-state index in [4.69, 9.17) is 0 Å². The first-order valence-corrected chi connectivity index (χ1v) is 14.0.